The number of halogens is 3. The third-order valence-corrected chi connectivity index (χ3v) is 8.97. The minimum Gasteiger partial charge on any atom is -0.410 e. The molecular formula is C31H32Cl2FN5O4. The molecule has 0 spiro atoms. The van der Waals surface area contributed by atoms with Crippen molar-refractivity contribution in [3.8, 4) is 5.75 Å². The van der Waals surface area contributed by atoms with Crippen molar-refractivity contribution >= 4 is 41.0 Å². The topological polar surface area (TPSA) is 127 Å². The van der Waals surface area contributed by atoms with Crippen molar-refractivity contribution in [3.63, 3.8) is 0 Å². The van der Waals surface area contributed by atoms with E-state index in [0.29, 0.717) is 31.5 Å². The van der Waals surface area contributed by atoms with Gasteiger partial charge in [-0.25, -0.2) is 9.18 Å². The lowest BCUT2D eigenvalue weighted by atomic mass is 9.81. The van der Waals surface area contributed by atoms with Crippen LogP contribution in [0, 0.1) is 11.7 Å². The highest BCUT2D eigenvalue weighted by atomic mass is 35.5. The molecule has 2 aliphatic heterocycles. The SMILES string of the molecule is CCN(C(=O)Oc1ccc(F)cc1)[C@@H]1C(C(=O)C2CCNC(c3ccccn3)C2)NC[C@H]1c1cc(Cl)c(Cl)c(C(N)=O)c1. The molecule has 3 heterocycles. The number of aromatic nitrogens is 1. The number of likely N-dealkylation sites (N-methyl/N-ethyl adjacent to an activating group) is 1. The molecule has 3 unspecified atom stereocenters. The van der Waals surface area contributed by atoms with E-state index in [-0.39, 0.29) is 45.6 Å². The largest absolute Gasteiger partial charge is 0.415 e. The first-order valence-electron chi connectivity index (χ1n) is 14.1. The maximum atomic E-state index is 14.2. The van der Waals surface area contributed by atoms with E-state index < -0.39 is 35.8 Å². The van der Waals surface area contributed by atoms with Crippen LogP contribution in [0.5, 0.6) is 5.75 Å². The second-order valence-corrected chi connectivity index (χ2v) is 11.5. The molecule has 5 atom stereocenters. The van der Waals surface area contributed by atoms with E-state index in [1.807, 2.05) is 18.2 Å². The highest BCUT2D eigenvalue weighted by Crippen LogP contribution is 2.38. The summed E-state index contributed by atoms with van der Waals surface area (Å²) in [6, 6.07) is 12.5. The number of benzene rings is 2. The molecule has 12 heteroatoms. The molecule has 0 saturated carbocycles. The van der Waals surface area contributed by atoms with E-state index in [1.54, 1.807) is 25.3 Å². The van der Waals surface area contributed by atoms with Gasteiger partial charge >= 0.3 is 6.09 Å². The van der Waals surface area contributed by atoms with Crippen LogP contribution in [0.1, 0.15) is 53.3 Å². The van der Waals surface area contributed by atoms with E-state index >= 15 is 0 Å². The van der Waals surface area contributed by atoms with Gasteiger partial charge in [0.2, 0.25) is 5.91 Å². The summed E-state index contributed by atoms with van der Waals surface area (Å²) < 4.78 is 19.1. The van der Waals surface area contributed by atoms with Gasteiger partial charge in [-0.15, -0.1) is 0 Å². The van der Waals surface area contributed by atoms with Crippen LogP contribution in [0.25, 0.3) is 0 Å². The van der Waals surface area contributed by atoms with Gasteiger partial charge in [0.05, 0.1) is 39.4 Å². The first-order valence-corrected chi connectivity index (χ1v) is 14.9. The van der Waals surface area contributed by atoms with Crippen LogP contribution in [-0.4, -0.2) is 59.4 Å². The van der Waals surface area contributed by atoms with Crippen LogP contribution >= 0.6 is 23.2 Å². The molecule has 0 bridgehead atoms. The zero-order valence-corrected chi connectivity index (χ0v) is 24.9. The van der Waals surface area contributed by atoms with Gasteiger partial charge in [-0.3, -0.25) is 14.6 Å². The second kappa shape index (κ2) is 13.4. The number of carbonyl (C=O) groups excluding carboxylic acids is 3. The summed E-state index contributed by atoms with van der Waals surface area (Å²) in [5.41, 5.74) is 7.08. The summed E-state index contributed by atoms with van der Waals surface area (Å²) in [5, 5.41) is 6.97. The fourth-order valence-corrected chi connectivity index (χ4v) is 6.50. The number of carbonyl (C=O) groups is 3. The fraction of sp³-hybridized carbons (Fsp3) is 0.355. The van der Waals surface area contributed by atoms with Gasteiger partial charge in [0.25, 0.3) is 0 Å². The number of pyridine rings is 1. The molecule has 2 saturated heterocycles. The monoisotopic (exact) mass is 627 g/mol. The number of primary amides is 1. The molecule has 43 heavy (non-hydrogen) atoms. The van der Waals surface area contributed by atoms with E-state index in [2.05, 4.69) is 15.6 Å². The van der Waals surface area contributed by atoms with Gasteiger partial charge in [-0.2, -0.15) is 0 Å². The lowest BCUT2D eigenvalue weighted by Crippen LogP contribution is -2.54. The Hall–Kier alpha value is -3.57. The Balaban J connectivity index is 1.48. The van der Waals surface area contributed by atoms with Crippen LogP contribution in [0.2, 0.25) is 10.0 Å². The molecule has 3 aromatic rings. The number of ether oxygens (including phenoxy) is 1. The third kappa shape index (κ3) is 6.67. The molecule has 2 amide bonds. The number of nitrogens with one attached hydrogen (secondary N) is 2. The van der Waals surface area contributed by atoms with Crippen LogP contribution < -0.4 is 21.1 Å². The summed E-state index contributed by atoms with van der Waals surface area (Å²) in [4.78, 5) is 46.0. The van der Waals surface area contributed by atoms with Gasteiger partial charge in [-0.1, -0.05) is 29.3 Å². The summed E-state index contributed by atoms with van der Waals surface area (Å²) in [5.74, 6) is -1.84. The van der Waals surface area contributed by atoms with E-state index in [9.17, 15) is 18.8 Å². The molecule has 0 radical (unpaired) electrons. The first-order chi connectivity index (χ1) is 20.7. The van der Waals surface area contributed by atoms with E-state index in [4.69, 9.17) is 33.7 Å². The zero-order valence-electron chi connectivity index (χ0n) is 23.4. The lowest BCUT2D eigenvalue weighted by Gasteiger charge is -2.37. The Labute approximate surface area is 258 Å². The number of rotatable bonds is 8. The number of piperidine rings is 1. The number of hydrogen-bond acceptors (Lipinski definition) is 7. The number of nitrogens with two attached hydrogens (primary N) is 1. The normalized spacial score (nSPS) is 23.5. The predicted molar refractivity (Wildman–Crippen MR) is 161 cm³/mol. The van der Waals surface area contributed by atoms with E-state index in [0.717, 1.165) is 5.69 Å². The lowest BCUT2D eigenvalue weighted by molar-refractivity contribution is -0.126. The Kier molecular flexibility index (Phi) is 9.61. The molecule has 4 N–H and O–H groups in total. The third-order valence-electron chi connectivity index (χ3n) is 8.17. The van der Waals surface area contributed by atoms with Gasteiger partial charge in [0.15, 0.2) is 5.78 Å². The number of amides is 2. The van der Waals surface area contributed by atoms with E-state index in [1.165, 1.54) is 29.2 Å². The molecule has 2 fully saturated rings. The molecule has 2 aliphatic rings. The Morgan fingerprint density at radius 3 is 2.56 bits per heavy atom. The van der Waals surface area contributed by atoms with Crippen molar-refractivity contribution in [1.29, 1.82) is 0 Å². The average molecular weight is 629 g/mol. The Morgan fingerprint density at radius 2 is 1.88 bits per heavy atom. The second-order valence-electron chi connectivity index (χ2n) is 10.7. The standard InChI is InChI=1S/C31H32Cl2FN5O4/c1-2-39(31(42)43-20-8-6-19(34)7-9-20)28-22(18-13-21(30(35)41)26(33)23(32)14-18)16-38-27(28)29(40)17-10-12-37-25(15-17)24-5-3-4-11-36-24/h3-9,11,13-14,17,22,25,27-28,37-38H,2,10,12,15-16H2,1H3,(H2,35,41)/t17?,22-,25?,27?,28-/m0/s1. The number of nitrogens with zero attached hydrogens (tertiary/aromatic N) is 2. The van der Waals surface area contributed by atoms with Crippen molar-refractivity contribution < 1.29 is 23.5 Å². The zero-order chi connectivity index (χ0) is 30.7. The van der Waals surface area contributed by atoms with Gasteiger partial charge < -0.3 is 26.0 Å². The summed E-state index contributed by atoms with van der Waals surface area (Å²) >= 11 is 12.7. The number of ketones is 1. The highest BCUT2D eigenvalue weighted by Gasteiger charge is 2.48. The fourth-order valence-electron chi connectivity index (χ4n) is 6.07. The minimum absolute atomic E-state index is 0.0295. The maximum Gasteiger partial charge on any atom is 0.415 e. The summed E-state index contributed by atoms with van der Waals surface area (Å²) in [7, 11) is 0. The molecule has 1 aromatic heterocycles. The van der Waals surface area contributed by atoms with Crippen molar-refractivity contribution in [3.05, 3.63) is 93.5 Å². The van der Waals surface area contributed by atoms with Crippen molar-refractivity contribution in [1.82, 2.24) is 20.5 Å². The van der Waals surface area contributed by atoms with Crippen LogP contribution in [0.3, 0.4) is 0 Å². The van der Waals surface area contributed by atoms with Crippen LogP contribution in [-0.2, 0) is 4.79 Å². The Morgan fingerprint density at radius 1 is 1.12 bits per heavy atom. The molecule has 226 valence electrons. The summed E-state index contributed by atoms with van der Waals surface area (Å²) in [6.07, 6.45) is 2.21. The van der Waals surface area contributed by atoms with Crippen LogP contribution in [0.15, 0.2) is 60.8 Å². The summed E-state index contributed by atoms with van der Waals surface area (Å²) in [6.45, 7) is 2.94. The maximum absolute atomic E-state index is 14.2. The Bertz CT molecular complexity index is 1490. The van der Waals surface area contributed by atoms with Crippen molar-refractivity contribution in [2.45, 2.75) is 43.8 Å². The van der Waals surface area contributed by atoms with Gasteiger partial charge in [0, 0.05) is 31.1 Å². The van der Waals surface area contributed by atoms with Crippen molar-refractivity contribution in [2.75, 3.05) is 19.6 Å². The average Bonchev–Trinajstić information content (AvgIpc) is 3.44. The molecule has 5 rings (SSSR count). The van der Waals surface area contributed by atoms with Crippen molar-refractivity contribution in [2.24, 2.45) is 11.7 Å². The highest BCUT2D eigenvalue weighted by molar-refractivity contribution is 6.43. The molecular weight excluding hydrogens is 596 g/mol. The first kappa shape index (κ1) is 30.9. The van der Waals surface area contributed by atoms with Crippen LogP contribution in [0.4, 0.5) is 9.18 Å². The minimum atomic E-state index is -0.748. The predicted octanol–water partition coefficient (Wildman–Crippen LogP) is 4.88. The quantitative estimate of drug-likeness (QED) is 0.325. The number of hydrogen-bond donors (Lipinski definition) is 3. The number of Topliss-reactive ketones (excluding diaryl/α,β-unsaturated/α-hetero) is 1. The van der Waals surface area contributed by atoms with Gasteiger partial charge in [-0.05, 0) is 80.4 Å². The molecule has 2 aromatic carbocycles. The molecule has 9 nitrogen and oxygen atoms in total. The van der Waals surface area contributed by atoms with Gasteiger partial charge in [0.1, 0.15) is 11.6 Å². The smallest absolute Gasteiger partial charge is 0.410 e. The molecule has 0 aliphatic carbocycles.